The lowest BCUT2D eigenvalue weighted by molar-refractivity contribution is -0.141. The normalized spacial score (nSPS) is 19.8. The molecule has 0 bridgehead atoms. The van der Waals surface area contributed by atoms with Crippen molar-refractivity contribution in [3.63, 3.8) is 0 Å². The Kier molecular flexibility index (Phi) is 6.06. The molecule has 19 heavy (non-hydrogen) atoms. The highest BCUT2D eigenvalue weighted by atomic mass is 19.4. The van der Waals surface area contributed by atoms with Crippen molar-refractivity contribution in [2.75, 3.05) is 19.8 Å². The van der Waals surface area contributed by atoms with E-state index < -0.39 is 24.2 Å². The molecular weight excluding hydrogens is 261 g/mol. The number of hydrogen-bond acceptors (Lipinski definition) is 3. The lowest BCUT2D eigenvalue weighted by Gasteiger charge is -2.27. The first-order chi connectivity index (χ1) is 8.81. The molecule has 0 spiro atoms. The highest BCUT2D eigenvalue weighted by Crippen LogP contribution is 2.25. The Morgan fingerprint density at radius 1 is 1.21 bits per heavy atom. The van der Waals surface area contributed by atoms with Crippen molar-refractivity contribution in [2.24, 2.45) is 5.73 Å². The standard InChI is InChI=1S/C12H21F3N2O2/c13-12(14,15)8-17-10(18)7-19-9-11(16)5-3-1-2-4-6-11/h1-9,16H2,(H,17,18). The first-order valence-electron chi connectivity index (χ1n) is 6.51. The molecule has 1 fully saturated rings. The molecule has 3 N–H and O–H groups in total. The van der Waals surface area contributed by atoms with Crippen LogP contribution in [0.25, 0.3) is 0 Å². The topological polar surface area (TPSA) is 64.3 Å². The zero-order chi connectivity index (χ0) is 14.4. The van der Waals surface area contributed by atoms with E-state index >= 15 is 0 Å². The van der Waals surface area contributed by atoms with Crippen LogP contribution in [0.15, 0.2) is 0 Å². The molecule has 112 valence electrons. The predicted octanol–water partition coefficient (Wildman–Crippen LogP) is 1.73. The zero-order valence-electron chi connectivity index (χ0n) is 10.9. The third-order valence-corrected chi connectivity index (χ3v) is 3.21. The second-order valence-corrected chi connectivity index (χ2v) is 5.16. The second kappa shape index (κ2) is 7.09. The maximum atomic E-state index is 11.9. The number of ether oxygens (including phenoxy) is 1. The Morgan fingerprint density at radius 3 is 2.32 bits per heavy atom. The third-order valence-electron chi connectivity index (χ3n) is 3.21. The number of hydrogen-bond donors (Lipinski definition) is 2. The van der Waals surface area contributed by atoms with E-state index in [-0.39, 0.29) is 13.2 Å². The quantitative estimate of drug-likeness (QED) is 0.755. The van der Waals surface area contributed by atoms with Gasteiger partial charge >= 0.3 is 6.18 Å². The van der Waals surface area contributed by atoms with Gasteiger partial charge in [0.2, 0.25) is 5.91 Å². The highest BCUT2D eigenvalue weighted by Gasteiger charge is 2.29. The summed E-state index contributed by atoms with van der Waals surface area (Å²) >= 11 is 0. The molecule has 0 radical (unpaired) electrons. The minimum atomic E-state index is -4.40. The zero-order valence-corrected chi connectivity index (χ0v) is 10.9. The lowest BCUT2D eigenvalue weighted by Crippen LogP contribution is -2.45. The van der Waals surface area contributed by atoms with Gasteiger partial charge in [0.05, 0.1) is 6.61 Å². The summed E-state index contributed by atoms with van der Waals surface area (Å²) < 4.78 is 40.7. The van der Waals surface area contributed by atoms with Gasteiger partial charge in [-0.3, -0.25) is 4.79 Å². The van der Waals surface area contributed by atoms with Crippen LogP contribution in [-0.4, -0.2) is 37.4 Å². The summed E-state index contributed by atoms with van der Waals surface area (Å²) in [5, 5.41) is 1.76. The van der Waals surface area contributed by atoms with Crippen LogP contribution in [0.2, 0.25) is 0 Å². The van der Waals surface area contributed by atoms with E-state index in [0.29, 0.717) is 0 Å². The molecule has 0 aliphatic heterocycles. The van der Waals surface area contributed by atoms with Crippen LogP contribution in [0.4, 0.5) is 13.2 Å². The SMILES string of the molecule is NC1(COCC(=O)NCC(F)(F)F)CCCCCC1. The van der Waals surface area contributed by atoms with Crippen molar-refractivity contribution in [1.82, 2.24) is 5.32 Å². The fraction of sp³-hybridized carbons (Fsp3) is 0.917. The Bertz CT molecular complexity index is 287. The van der Waals surface area contributed by atoms with Crippen molar-refractivity contribution in [1.29, 1.82) is 0 Å². The maximum absolute atomic E-state index is 11.9. The number of alkyl halides is 3. The third kappa shape index (κ3) is 7.37. The number of amides is 1. The molecule has 0 heterocycles. The van der Waals surface area contributed by atoms with Crippen LogP contribution < -0.4 is 11.1 Å². The molecule has 0 atom stereocenters. The van der Waals surface area contributed by atoms with Gasteiger partial charge in [0.25, 0.3) is 0 Å². The van der Waals surface area contributed by atoms with Crippen molar-refractivity contribution in [3.8, 4) is 0 Å². The molecule has 1 aliphatic carbocycles. The maximum Gasteiger partial charge on any atom is 0.405 e. The van der Waals surface area contributed by atoms with Gasteiger partial charge in [-0.25, -0.2) is 0 Å². The van der Waals surface area contributed by atoms with Crippen LogP contribution in [-0.2, 0) is 9.53 Å². The van der Waals surface area contributed by atoms with E-state index in [1.165, 1.54) is 0 Å². The van der Waals surface area contributed by atoms with Crippen LogP contribution in [0.5, 0.6) is 0 Å². The van der Waals surface area contributed by atoms with E-state index in [9.17, 15) is 18.0 Å². The summed E-state index contributed by atoms with van der Waals surface area (Å²) in [4.78, 5) is 11.1. The number of rotatable bonds is 5. The monoisotopic (exact) mass is 282 g/mol. The molecule has 1 aliphatic rings. The Balaban J connectivity index is 2.20. The fourth-order valence-corrected chi connectivity index (χ4v) is 2.17. The van der Waals surface area contributed by atoms with Crippen LogP contribution in [0.1, 0.15) is 38.5 Å². The number of carbonyl (C=O) groups is 1. The number of nitrogens with two attached hydrogens (primary N) is 1. The lowest BCUT2D eigenvalue weighted by atomic mass is 9.93. The second-order valence-electron chi connectivity index (χ2n) is 5.16. The predicted molar refractivity (Wildman–Crippen MR) is 64.5 cm³/mol. The molecule has 0 aromatic heterocycles. The van der Waals surface area contributed by atoms with E-state index in [1.54, 1.807) is 5.32 Å². The summed E-state index contributed by atoms with van der Waals surface area (Å²) in [5.41, 5.74) is 5.71. The molecule has 4 nitrogen and oxygen atoms in total. The average molecular weight is 282 g/mol. The summed E-state index contributed by atoms with van der Waals surface area (Å²) in [5.74, 6) is -0.769. The summed E-state index contributed by atoms with van der Waals surface area (Å²) in [7, 11) is 0. The van der Waals surface area contributed by atoms with Crippen LogP contribution in [0.3, 0.4) is 0 Å². The molecule has 0 aromatic carbocycles. The van der Waals surface area contributed by atoms with E-state index in [4.69, 9.17) is 10.5 Å². The van der Waals surface area contributed by atoms with Gasteiger partial charge in [0, 0.05) is 5.54 Å². The van der Waals surface area contributed by atoms with Crippen LogP contribution in [0, 0.1) is 0 Å². The van der Waals surface area contributed by atoms with Crippen molar-refractivity contribution in [3.05, 3.63) is 0 Å². The minimum absolute atomic E-state index is 0.215. The van der Waals surface area contributed by atoms with E-state index in [2.05, 4.69) is 0 Å². The van der Waals surface area contributed by atoms with Gasteiger partial charge in [0.15, 0.2) is 0 Å². The Hall–Kier alpha value is -0.820. The van der Waals surface area contributed by atoms with Gasteiger partial charge in [0.1, 0.15) is 13.2 Å². The highest BCUT2D eigenvalue weighted by molar-refractivity contribution is 5.77. The fourth-order valence-electron chi connectivity index (χ4n) is 2.17. The van der Waals surface area contributed by atoms with Crippen molar-refractivity contribution in [2.45, 2.75) is 50.2 Å². The molecule has 0 unspecified atom stereocenters. The van der Waals surface area contributed by atoms with Gasteiger partial charge in [-0.1, -0.05) is 25.7 Å². The first-order valence-corrected chi connectivity index (χ1v) is 6.51. The number of carbonyl (C=O) groups excluding carboxylic acids is 1. The van der Waals surface area contributed by atoms with Crippen LogP contribution >= 0.6 is 0 Å². The number of halogens is 3. The van der Waals surface area contributed by atoms with Gasteiger partial charge in [-0.05, 0) is 12.8 Å². The van der Waals surface area contributed by atoms with Gasteiger partial charge < -0.3 is 15.8 Å². The average Bonchev–Trinajstić information content (AvgIpc) is 2.51. The molecule has 1 amide bonds. The Labute approximate surface area is 110 Å². The van der Waals surface area contributed by atoms with E-state index in [0.717, 1.165) is 38.5 Å². The molecule has 1 saturated carbocycles. The molecule has 0 saturated heterocycles. The molecular formula is C12H21F3N2O2. The summed E-state index contributed by atoms with van der Waals surface area (Å²) in [6, 6.07) is 0. The largest absolute Gasteiger partial charge is 0.405 e. The minimum Gasteiger partial charge on any atom is -0.370 e. The molecule has 0 aromatic rings. The number of nitrogens with one attached hydrogen (secondary N) is 1. The van der Waals surface area contributed by atoms with Crippen molar-refractivity contribution < 1.29 is 22.7 Å². The summed E-state index contributed by atoms with van der Waals surface area (Å²) in [6.07, 6.45) is 1.61. The van der Waals surface area contributed by atoms with Gasteiger partial charge in [-0.2, -0.15) is 13.2 Å². The molecule has 7 heteroatoms. The Morgan fingerprint density at radius 2 is 1.79 bits per heavy atom. The summed E-state index contributed by atoms with van der Waals surface area (Å²) in [6.45, 7) is -1.50. The molecule has 1 rings (SSSR count). The van der Waals surface area contributed by atoms with E-state index in [1.807, 2.05) is 0 Å². The van der Waals surface area contributed by atoms with Crippen molar-refractivity contribution >= 4 is 5.91 Å². The smallest absolute Gasteiger partial charge is 0.370 e. The van der Waals surface area contributed by atoms with Gasteiger partial charge in [-0.15, -0.1) is 0 Å². The first kappa shape index (κ1) is 16.2.